The zero-order valence-electron chi connectivity index (χ0n) is 23.9. The normalized spacial score (nSPS) is 12.0. The number of aromatic amines is 1. The predicted molar refractivity (Wildman–Crippen MR) is 156 cm³/mol. The molecular weight excluding hydrogens is 520 g/mol. The average molecular weight is 557 g/mol. The Balaban J connectivity index is 1.77. The fourth-order valence-electron chi connectivity index (χ4n) is 4.60. The van der Waals surface area contributed by atoms with Crippen molar-refractivity contribution >= 4 is 28.9 Å². The van der Waals surface area contributed by atoms with Gasteiger partial charge in [-0.25, -0.2) is 9.59 Å². The van der Waals surface area contributed by atoms with Crippen LogP contribution in [0.2, 0.25) is 0 Å². The summed E-state index contributed by atoms with van der Waals surface area (Å²) in [7, 11) is 1.33. The molecule has 0 aliphatic heterocycles. The molecule has 0 aliphatic carbocycles. The number of hydrogen-bond acceptors (Lipinski definition) is 6. The molecule has 8 heteroatoms. The van der Waals surface area contributed by atoms with Crippen LogP contribution < -0.4 is 0 Å². The molecule has 1 heterocycles. The topological polar surface area (TPSA) is 97.9 Å². The largest absolute Gasteiger partial charge is 0.469 e. The summed E-state index contributed by atoms with van der Waals surface area (Å²) in [5.41, 5.74) is 3.01. The molecule has 1 aromatic heterocycles. The summed E-state index contributed by atoms with van der Waals surface area (Å²) in [5, 5.41) is 0.844. The quantitative estimate of drug-likeness (QED) is 0.191. The molecule has 1 atom stereocenters. The SMILES string of the molecule is COC(=O)Cc1[nH]c2ccccc2c1C[C@@H](C(=O)OCc1ccccc1)N(Cc1ccccc1)C(=O)OC(C)(C)C. The minimum Gasteiger partial charge on any atom is -0.469 e. The summed E-state index contributed by atoms with van der Waals surface area (Å²) in [6, 6.07) is 25.3. The monoisotopic (exact) mass is 556 g/mol. The Bertz CT molecular complexity index is 1470. The molecule has 214 valence electrons. The lowest BCUT2D eigenvalue weighted by Gasteiger charge is -2.32. The summed E-state index contributed by atoms with van der Waals surface area (Å²) >= 11 is 0. The molecule has 8 nitrogen and oxygen atoms in total. The van der Waals surface area contributed by atoms with Crippen LogP contribution in [0.1, 0.15) is 43.2 Å². The molecule has 0 spiro atoms. The van der Waals surface area contributed by atoms with Crippen molar-refractivity contribution in [3.05, 3.63) is 107 Å². The number of esters is 2. The summed E-state index contributed by atoms with van der Waals surface area (Å²) < 4.78 is 16.5. The van der Waals surface area contributed by atoms with E-state index in [4.69, 9.17) is 14.2 Å². The molecule has 0 saturated carbocycles. The molecule has 1 amide bonds. The predicted octanol–water partition coefficient (Wildman–Crippen LogP) is 5.98. The van der Waals surface area contributed by atoms with E-state index < -0.39 is 29.7 Å². The second kappa shape index (κ2) is 13.2. The number of carbonyl (C=O) groups is 3. The first-order valence-electron chi connectivity index (χ1n) is 13.5. The number of amides is 1. The number of ether oxygens (including phenoxy) is 3. The average Bonchev–Trinajstić information content (AvgIpc) is 3.30. The van der Waals surface area contributed by atoms with E-state index in [2.05, 4.69) is 4.98 Å². The number of H-pyrrole nitrogens is 1. The van der Waals surface area contributed by atoms with Crippen molar-refractivity contribution < 1.29 is 28.6 Å². The van der Waals surface area contributed by atoms with Crippen LogP contribution in [0.5, 0.6) is 0 Å². The van der Waals surface area contributed by atoms with Crippen LogP contribution in [-0.2, 0) is 49.8 Å². The Morgan fingerprint density at radius 2 is 1.46 bits per heavy atom. The summed E-state index contributed by atoms with van der Waals surface area (Å²) in [5.74, 6) is -1.00. The molecule has 0 radical (unpaired) electrons. The van der Waals surface area contributed by atoms with Crippen LogP contribution in [0.25, 0.3) is 10.9 Å². The Labute approximate surface area is 240 Å². The van der Waals surface area contributed by atoms with E-state index in [1.807, 2.05) is 84.9 Å². The summed E-state index contributed by atoms with van der Waals surface area (Å²) in [6.07, 6.45) is -0.564. The fraction of sp³-hybridized carbons (Fsp3) is 0.303. The van der Waals surface area contributed by atoms with Crippen molar-refractivity contribution in [3.63, 3.8) is 0 Å². The highest BCUT2D eigenvalue weighted by molar-refractivity contribution is 5.88. The Morgan fingerprint density at radius 1 is 0.854 bits per heavy atom. The van der Waals surface area contributed by atoms with Gasteiger partial charge in [0, 0.05) is 29.6 Å². The Hall–Kier alpha value is -4.59. The van der Waals surface area contributed by atoms with Crippen molar-refractivity contribution in [2.75, 3.05) is 7.11 Å². The van der Waals surface area contributed by atoms with Crippen LogP contribution in [0.4, 0.5) is 4.79 Å². The molecule has 1 N–H and O–H groups in total. The molecule has 3 aromatic carbocycles. The molecule has 0 fully saturated rings. The van der Waals surface area contributed by atoms with E-state index in [-0.39, 0.29) is 26.0 Å². The van der Waals surface area contributed by atoms with E-state index in [1.165, 1.54) is 12.0 Å². The first-order chi connectivity index (χ1) is 19.6. The maximum absolute atomic E-state index is 13.9. The van der Waals surface area contributed by atoms with Gasteiger partial charge in [0.25, 0.3) is 0 Å². The number of hydrogen-bond donors (Lipinski definition) is 1. The number of para-hydroxylation sites is 1. The van der Waals surface area contributed by atoms with Crippen molar-refractivity contribution in [1.29, 1.82) is 0 Å². The van der Waals surface area contributed by atoms with Gasteiger partial charge in [-0.05, 0) is 43.5 Å². The van der Waals surface area contributed by atoms with Crippen LogP contribution in [0.15, 0.2) is 84.9 Å². The molecule has 4 aromatic rings. The minimum atomic E-state index is -1.05. The molecule has 0 bridgehead atoms. The maximum Gasteiger partial charge on any atom is 0.411 e. The van der Waals surface area contributed by atoms with Crippen molar-refractivity contribution in [1.82, 2.24) is 9.88 Å². The number of benzene rings is 3. The first kappa shape index (κ1) is 29.4. The zero-order chi connectivity index (χ0) is 29.4. The first-order valence-corrected chi connectivity index (χ1v) is 13.5. The number of rotatable bonds is 10. The molecule has 0 unspecified atom stereocenters. The van der Waals surface area contributed by atoms with Gasteiger partial charge in [0.05, 0.1) is 13.5 Å². The standard InChI is InChI=1S/C33H36N2O6/c1-33(2,3)41-32(38)35(21-23-13-7-5-8-14-23)29(31(37)40-22-24-15-9-6-10-16-24)19-26-25-17-11-12-18-27(25)34-28(26)20-30(36)39-4/h5-18,29,34H,19-22H2,1-4H3/t29-/m0/s1. The lowest BCUT2D eigenvalue weighted by atomic mass is 9.99. The number of fused-ring (bicyclic) bond motifs is 1. The van der Waals surface area contributed by atoms with E-state index in [0.29, 0.717) is 5.69 Å². The molecule has 0 saturated heterocycles. The minimum absolute atomic E-state index is 0.0164. The third kappa shape index (κ3) is 7.97. The third-order valence-corrected chi connectivity index (χ3v) is 6.54. The molecule has 41 heavy (non-hydrogen) atoms. The number of nitrogens with one attached hydrogen (secondary N) is 1. The van der Waals surface area contributed by atoms with Gasteiger partial charge in [-0.15, -0.1) is 0 Å². The highest BCUT2D eigenvalue weighted by atomic mass is 16.6. The van der Waals surface area contributed by atoms with Crippen molar-refractivity contribution in [2.24, 2.45) is 0 Å². The molecular formula is C33H36N2O6. The van der Waals surface area contributed by atoms with Gasteiger partial charge in [0.2, 0.25) is 0 Å². The van der Waals surface area contributed by atoms with Crippen LogP contribution in [-0.4, -0.2) is 46.7 Å². The second-order valence-corrected chi connectivity index (χ2v) is 10.8. The maximum atomic E-state index is 13.9. The summed E-state index contributed by atoms with van der Waals surface area (Å²) in [4.78, 5) is 44.6. The highest BCUT2D eigenvalue weighted by Crippen LogP contribution is 2.28. The Kier molecular flexibility index (Phi) is 9.45. The van der Waals surface area contributed by atoms with Crippen LogP contribution >= 0.6 is 0 Å². The van der Waals surface area contributed by atoms with Gasteiger partial charge in [-0.2, -0.15) is 0 Å². The molecule has 0 aliphatic rings. The molecule has 4 rings (SSSR count). The highest BCUT2D eigenvalue weighted by Gasteiger charge is 2.36. The van der Waals surface area contributed by atoms with E-state index in [1.54, 1.807) is 20.8 Å². The van der Waals surface area contributed by atoms with Gasteiger partial charge in [0.1, 0.15) is 18.2 Å². The zero-order valence-corrected chi connectivity index (χ0v) is 23.9. The Morgan fingerprint density at radius 3 is 2.10 bits per heavy atom. The van der Waals surface area contributed by atoms with Crippen LogP contribution in [0, 0.1) is 0 Å². The second-order valence-electron chi connectivity index (χ2n) is 10.8. The van der Waals surface area contributed by atoms with E-state index >= 15 is 0 Å². The van der Waals surface area contributed by atoms with E-state index in [0.717, 1.165) is 27.6 Å². The number of carbonyl (C=O) groups excluding carboxylic acids is 3. The van der Waals surface area contributed by atoms with Gasteiger partial charge in [-0.1, -0.05) is 78.9 Å². The smallest absolute Gasteiger partial charge is 0.411 e. The number of aromatic nitrogens is 1. The number of methoxy groups -OCH3 is 1. The van der Waals surface area contributed by atoms with Gasteiger partial charge in [-0.3, -0.25) is 9.69 Å². The van der Waals surface area contributed by atoms with Gasteiger partial charge < -0.3 is 19.2 Å². The lowest BCUT2D eigenvalue weighted by molar-refractivity contribution is -0.151. The van der Waals surface area contributed by atoms with Gasteiger partial charge in [0.15, 0.2) is 0 Å². The van der Waals surface area contributed by atoms with Crippen LogP contribution in [0.3, 0.4) is 0 Å². The number of nitrogens with zero attached hydrogens (tertiary/aromatic N) is 1. The fourth-order valence-corrected chi connectivity index (χ4v) is 4.60. The van der Waals surface area contributed by atoms with Gasteiger partial charge >= 0.3 is 18.0 Å². The van der Waals surface area contributed by atoms with Crippen molar-refractivity contribution in [3.8, 4) is 0 Å². The summed E-state index contributed by atoms with van der Waals surface area (Å²) in [6.45, 7) is 5.51. The third-order valence-electron chi connectivity index (χ3n) is 6.54. The van der Waals surface area contributed by atoms with Crippen molar-refractivity contribution in [2.45, 2.75) is 58.4 Å². The van der Waals surface area contributed by atoms with E-state index in [9.17, 15) is 14.4 Å². The lowest BCUT2D eigenvalue weighted by Crippen LogP contribution is -2.48.